The number of benzene rings is 2. The maximum Gasteiger partial charge on any atom is 0.254 e. The Balaban J connectivity index is 1.60. The normalized spacial score (nSPS) is 10.7. The molecule has 0 unspecified atom stereocenters. The van der Waals surface area contributed by atoms with E-state index in [9.17, 15) is 18.4 Å². The van der Waals surface area contributed by atoms with Crippen LogP contribution in [0.4, 0.5) is 14.5 Å². The number of aryl methyl sites for hydroxylation is 1. The molecule has 1 aromatic heterocycles. The molecule has 25 heavy (non-hydrogen) atoms. The number of nitrogens with one attached hydrogen (secondary N) is 2. The van der Waals surface area contributed by atoms with Crippen molar-refractivity contribution in [3.8, 4) is 0 Å². The lowest BCUT2D eigenvalue weighted by molar-refractivity contribution is -0.115. The molecule has 2 amide bonds. The van der Waals surface area contributed by atoms with Crippen LogP contribution in [0.15, 0.2) is 36.4 Å². The molecule has 0 atom stereocenters. The quantitative estimate of drug-likeness (QED) is 0.749. The molecule has 5 nitrogen and oxygen atoms in total. The van der Waals surface area contributed by atoms with E-state index < -0.39 is 23.4 Å². The summed E-state index contributed by atoms with van der Waals surface area (Å²) in [6, 6.07) is 7.91. The van der Waals surface area contributed by atoms with Gasteiger partial charge in [0, 0.05) is 11.8 Å². The summed E-state index contributed by atoms with van der Waals surface area (Å²) in [4.78, 5) is 28.1. The third-order valence-electron chi connectivity index (χ3n) is 3.36. The van der Waals surface area contributed by atoms with Crippen molar-refractivity contribution in [2.45, 2.75) is 6.92 Å². The van der Waals surface area contributed by atoms with E-state index >= 15 is 0 Å². The highest BCUT2D eigenvalue weighted by molar-refractivity contribution is 7.18. The number of aromatic nitrogens is 1. The van der Waals surface area contributed by atoms with Crippen molar-refractivity contribution in [2.24, 2.45) is 0 Å². The van der Waals surface area contributed by atoms with E-state index in [0.717, 1.165) is 27.4 Å². The first-order valence-electron chi connectivity index (χ1n) is 7.32. The highest BCUT2D eigenvalue weighted by Crippen LogP contribution is 2.24. The summed E-state index contributed by atoms with van der Waals surface area (Å²) < 4.78 is 27.3. The topological polar surface area (TPSA) is 71.1 Å². The van der Waals surface area contributed by atoms with Crippen LogP contribution in [0, 0.1) is 18.6 Å². The van der Waals surface area contributed by atoms with Gasteiger partial charge in [-0.2, -0.15) is 0 Å². The second-order valence-electron chi connectivity index (χ2n) is 5.27. The largest absolute Gasteiger partial charge is 0.343 e. The summed E-state index contributed by atoms with van der Waals surface area (Å²) in [6.45, 7) is 1.56. The second kappa shape index (κ2) is 6.94. The van der Waals surface area contributed by atoms with Gasteiger partial charge in [-0.1, -0.05) is 0 Å². The van der Waals surface area contributed by atoms with Crippen molar-refractivity contribution in [1.29, 1.82) is 0 Å². The zero-order valence-corrected chi connectivity index (χ0v) is 13.9. The minimum absolute atomic E-state index is 0.323. The van der Waals surface area contributed by atoms with Gasteiger partial charge in [0.05, 0.1) is 27.3 Å². The molecule has 3 aromatic rings. The van der Waals surface area contributed by atoms with Crippen LogP contribution in [0.1, 0.15) is 15.4 Å². The van der Waals surface area contributed by atoms with Crippen molar-refractivity contribution in [3.05, 3.63) is 58.6 Å². The molecule has 8 heteroatoms. The van der Waals surface area contributed by atoms with Crippen molar-refractivity contribution in [3.63, 3.8) is 0 Å². The Hall–Kier alpha value is -2.87. The van der Waals surface area contributed by atoms with Crippen molar-refractivity contribution >= 4 is 39.1 Å². The molecule has 0 bridgehead atoms. The Bertz CT molecular complexity index is 972. The molecule has 0 fully saturated rings. The number of halogens is 2. The van der Waals surface area contributed by atoms with Gasteiger partial charge in [0.2, 0.25) is 5.91 Å². The summed E-state index contributed by atoms with van der Waals surface area (Å²) in [5.41, 5.74) is 1.10. The third kappa shape index (κ3) is 3.97. The first-order chi connectivity index (χ1) is 11.9. The lowest BCUT2D eigenvalue weighted by Crippen LogP contribution is -2.33. The first kappa shape index (κ1) is 17.0. The third-order valence-corrected chi connectivity index (χ3v) is 4.30. The predicted octanol–water partition coefficient (Wildman–Crippen LogP) is 3.25. The van der Waals surface area contributed by atoms with Crippen LogP contribution >= 0.6 is 11.3 Å². The van der Waals surface area contributed by atoms with E-state index in [1.165, 1.54) is 11.3 Å². The number of rotatable bonds is 4. The smallest absolute Gasteiger partial charge is 0.254 e. The van der Waals surface area contributed by atoms with E-state index in [1.54, 1.807) is 18.2 Å². The number of anilines is 1. The van der Waals surface area contributed by atoms with Crippen LogP contribution in [-0.4, -0.2) is 23.3 Å². The zero-order chi connectivity index (χ0) is 18.0. The fourth-order valence-corrected chi connectivity index (χ4v) is 3.12. The fraction of sp³-hybridized carbons (Fsp3) is 0.118. The Kier molecular flexibility index (Phi) is 4.71. The number of carbonyl (C=O) groups is 2. The molecular formula is C17H13F2N3O2S. The molecule has 0 aliphatic heterocycles. The molecule has 3 rings (SSSR count). The van der Waals surface area contributed by atoms with E-state index in [2.05, 4.69) is 15.6 Å². The predicted molar refractivity (Wildman–Crippen MR) is 91.7 cm³/mol. The van der Waals surface area contributed by atoms with Gasteiger partial charge in [0.25, 0.3) is 5.91 Å². The molecule has 0 radical (unpaired) electrons. The number of thiazole rings is 1. The van der Waals surface area contributed by atoms with Crippen LogP contribution in [-0.2, 0) is 4.79 Å². The molecule has 1 heterocycles. The minimum atomic E-state index is -0.982. The Morgan fingerprint density at radius 1 is 1.16 bits per heavy atom. The van der Waals surface area contributed by atoms with Crippen molar-refractivity contribution < 1.29 is 18.4 Å². The average molecular weight is 361 g/mol. The lowest BCUT2D eigenvalue weighted by Gasteiger charge is -2.07. The van der Waals surface area contributed by atoms with Gasteiger partial charge in [0.1, 0.15) is 11.6 Å². The Labute approximate surface area is 145 Å². The van der Waals surface area contributed by atoms with E-state index in [1.807, 2.05) is 6.92 Å². The summed E-state index contributed by atoms with van der Waals surface area (Å²) >= 11 is 1.51. The van der Waals surface area contributed by atoms with Crippen LogP contribution in [0.2, 0.25) is 0 Å². The van der Waals surface area contributed by atoms with Crippen LogP contribution < -0.4 is 10.6 Å². The fourth-order valence-electron chi connectivity index (χ4n) is 2.25. The highest BCUT2D eigenvalue weighted by Gasteiger charge is 2.13. The van der Waals surface area contributed by atoms with Gasteiger partial charge in [-0.05, 0) is 37.3 Å². The van der Waals surface area contributed by atoms with Gasteiger partial charge >= 0.3 is 0 Å². The molecule has 0 spiro atoms. The minimum Gasteiger partial charge on any atom is -0.343 e. The van der Waals surface area contributed by atoms with Gasteiger partial charge in [0.15, 0.2) is 0 Å². The Morgan fingerprint density at radius 3 is 2.72 bits per heavy atom. The number of fused-ring (bicyclic) bond motifs is 1. The summed E-state index contributed by atoms with van der Waals surface area (Å²) in [5, 5.41) is 5.87. The summed E-state index contributed by atoms with van der Waals surface area (Å²) in [7, 11) is 0. The van der Waals surface area contributed by atoms with Gasteiger partial charge < -0.3 is 10.6 Å². The Morgan fingerprint density at radius 2 is 1.96 bits per heavy atom. The molecule has 0 saturated carbocycles. The molecule has 0 aliphatic carbocycles. The van der Waals surface area contributed by atoms with E-state index in [4.69, 9.17) is 0 Å². The van der Waals surface area contributed by atoms with Crippen LogP contribution in [0.25, 0.3) is 10.2 Å². The van der Waals surface area contributed by atoms with Gasteiger partial charge in [-0.15, -0.1) is 11.3 Å². The maximum atomic E-state index is 13.5. The lowest BCUT2D eigenvalue weighted by atomic mass is 10.2. The number of hydrogen-bond donors (Lipinski definition) is 2. The molecule has 0 aliphatic rings. The molecule has 128 valence electrons. The molecule has 0 saturated heterocycles. The number of amides is 2. The van der Waals surface area contributed by atoms with Crippen LogP contribution in [0.3, 0.4) is 0 Å². The first-order valence-corrected chi connectivity index (χ1v) is 8.14. The summed E-state index contributed by atoms with van der Waals surface area (Å²) in [6.07, 6.45) is 0. The monoisotopic (exact) mass is 361 g/mol. The number of hydrogen-bond acceptors (Lipinski definition) is 4. The van der Waals surface area contributed by atoms with Crippen LogP contribution in [0.5, 0.6) is 0 Å². The van der Waals surface area contributed by atoms with Gasteiger partial charge in [-0.3, -0.25) is 9.59 Å². The standard InChI is InChI=1S/C17H13F2N3O2S/c1-9-21-14-5-3-11(7-15(14)25-9)22-16(23)8-20-17(24)12-4-2-10(18)6-13(12)19/h2-7H,8H2,1H3,(H,20,24)(H,22,23). The maximum absolute atomic E-state index is 13.5. The molecule has 2 N–H and O–H groups in total. The van der Waals surface area contributed by atoms with E-state index in [0.29, 0.717) is 11.8 Å². The molecule has 2 aromatic carbocycles. The number of carbonyl (C=O) groups excluding carboxylic acids is 2. The average Bonchev–Trinajstić information content (AvgIpc) is 2.92. The second-order valence-corrected chi connectivity index (χ2v) is 6.51. The van der Waals surface area contributed by atoms with Gasteiger partial charge in [-0.25, -0.2) is 13.8 Å². The molecular weight excluding hydrogens is 348 g/mol. The van der Waals surface area contributed by atoms with E-state index in [-0.39, 0.29) is 12.1 Å². The zero-order valence-electron chi connectivity index (χ0n) is 13.1. The number of nitrogens with zero attached hydrogens (tertiary/aromatic N) is 1. The van der Waals surface area contributed by atoms with Crippen molar-refractivity contribution in [2.75, 3.05) is 11.9 Å². The van der Waals surface area contributed by atoms with Crippen molar-refractivity contribution in [1.82, 2.24) is 10.3 Å². The SMILES string of the molecule is Cc1nc2ccc(NC(=O)CNC(=O)c3ccc(F)cc3F)cc2s1. The summed E-state index contributed by atoms with van der Waals surface area (Å²) in [5.74, 6) is -3.01. The highest BCUT2D eigenvalue weighted by atomic mass is 32.1.